The normalized spacial score (nSPS) is 11.1. The van der Waals surface area contributed by atoms with E-state index in [1.807, 2.05) is 0 Å². The van der Waals surface area contributed by atoms with Crippen molar-refractivity contribution in [1.29, 1.82) is 0 Å². The molecule has 0 fully saturated rings. The Balaban J connectivity index is 2.27. The molecule has 0 saturated carbocycles. The van der Waals surface area contributed by atoms with E-state index in [0.29, 0.717) is 15.7 Å². The minimum atomic E-state index is 0.164. The number of aromatic nitrogens is 4. The molecule has 0 N–H and O–H groups in total. The first-order valence-electron chi connectivity index (χ1n) is 4.96. The minimum absolute atomic E-state index is 0.164. The molecule has 1 aromatic carbocycles. The summed E-state index contributed by atoms with van der Waals surface area (Å²) in [5, 5.41) is 6.24. The maximum absolute atomic E-state index is 5.97. The lowest BCUT2D eigenvalue weighted by Gasteiger charge is -2.04. The largest absolute Gasteiger partial charge is 0.226 e. The molecule has 7 heteroatoms. The Kier molecular flexibility index (Phi) is 2.86. The third-order valence-corrected chi connectivity index (χ3v) is 2.99. The van der Waals surface area contributed by atoms with Crippen molar-refractivity contribution >= 4 is 45.8 Å². The van der Waals surface area contributed by atoms with Gasteiger partial charge in [0.05, 0.1) is 17.3 Å². The van der Waals surface area contributed by atoms with Crippen molar-refractivity contribution in [2.75, 3.05) is 0 Å². The summed E-state index contributed by atoms with van der Waals surface area (Å²) in [6.45, 7) is 0. The van der Waals surface area contributed by atoms with Gasteiger partial charge in [-0.05, 0) is 29.8 Å². The Morgan fingerprint density at radius 1 is 0.944 bits per heavy atom. The molecular formula is C11H5Cl3N4. The summed E-state index contributed by atoms with van der Waals surface area (Å²) in [4.78, 5) is 8.04. The van der Waals surface area contributed by atoms with Crippen molar-refractivity contribution < 1.29 is 0 Å². The summed E-state index contributed by atoms with van der Waals surface area (Å²) in [5.41, 5.74) is 1.32. The minimum Gasteiger partial charge on any atom is -0.226 e. The molecule has 0 atom stereocenters. The van der Waals surface area contributed by atoms with Crippen LogP contribution in [0.3, 0.4) is 0 Å². The molecule has 0 amide bonds. The van der Waals surface area contributed by atoms with Gasteiger partial charge in [-0.25, -0.2) is 9.67 Å². The van der Waals surface area contributed by atoms with E-state index >= 15 is 0 Å². The van der Waals surface area contributed by atoms with Gasteiger partial charge in [0.25, 0.3) is 0 Å². The quantitative estimate of drug-likeness (QED) is 0.642. The second kappa shape index (κ2) is 4.39. The lowest BCUT2D eigenvalue weighted by atomic mass is 10.3. The van der Waals surface area contributed by atoms with Crippen LogP contribution in [-0.2, 0) is 0 Å². The van der Waals surface area contributed by atoms with E-state index in [2.05, 4.69) is 15.1 Å². The molecule has 3 aromatic rings. The molecule has 0 bridgehead atoms. The predicted molar refractivity (Wildman–Crippen MR) is 71.7 cm³/mol. The standard InChI is InChI=1S/C11H5Cl3N4/c12-7-1-8(13)3-9(2-7)18-10-6(5-16-18)4-15-11(14)17-10/h1-5H. The molecule has 2 aromatic heterocycles. The van der Waals surface area contributed by atoms with Crippen molar-refractivity contribution in [1.82, 2.24) is 19.7 Å². The van der Waals surface area contributed by atoms with E-state index in [-0.39, 0.29) is 5.28 Å². The van der Waals surface area contributed by atoms with Crippen LogP contribution in [0.4, 0.5) is 0 Å². The molecule has 3 rings (SSSR count). The number of hydrogen-bond acceptors (Lipinski definition) is 3. The molecule has 0 aliphatic heterocycles. The maximum atomic E-state index is 5.97. The van der Waals surface area contributed by atoms with Crippen LogP contribution in [0.25, 0.3) is 16.7 Å². The van der Waals surface area contributed by atoms with Gasteiger partial charge in [0.2, 0.25) is 5.28 Å². The Morgan fingerprint density at radius 2 is 1.67 bits per heavy atom. The van der Waals surface area contributed by atoms with Gasteiger partial charge in [0.15, 0.2) is 5.65 Å². The van der Waals surface area contributed by atoms with Crippen LogP contribution >= 0.6 is 34.8 Å². The molecule has 18 heavy (non-hydrogen) atoms. The van der Waals surface area contributed by atoms with Crippen LogP contribution in [-0.4, -0.2) is 19.7 Å². The smallest absolute Gasteiger partial charge is 0.224 e. The molecule has 0 radical (unpaired) electrons. The van der Waals surface area contributed by atoms with E-state index in [4.69, 9.17) is 34.8 Å². The Morgan fingerprint density at radius 3 is 2.39 bits per heavy atom. The van der Waals surface area contributed by atoms with Gasteiger partial charge in [0, 0.05) is 16.2 Å². The summed E-state index contributed by atoms with van der Waals surface area (Å²) in [6.07, 6.45) is 3.26. The molecule has 2 heterocycles. The molecule has 0 spiro atoms. The second-order valence-corrected chi connectivity index (χ2v) is 4.81. The highest BCUT2D eigenvalue weighted by Gasteiger charge is 2.09. The maximum Gasteiger partial charge on any atom is 0.224 e. The fraction of sp³-hybridized carbons (Fsp3) is 0. The van der Waals surface area contributed by atoms with Crippen LogP contribution in [0.15, 0.2) is 30.6 Å². The molecule has 0 unspecified atom stereocenters. The number of fused-ring (bicyclic) bond motifs is 1. The molecule has 0 aliphatic carbocycles. The van der Waals surface area contributed by atoms with Gasteiger partial charge >= 0.3 is 0 Å². The van der Waals surface area contributed by atoms with Crippen molar-refractivity contribution in [3.05, 3.63) is 45.9 Å². The van der Waals surface area contributed by atoms with Gasteiger partial charge in [-0.3, -0.25) is 0 Å². The topological polar surface area (TPSA) is 43.6 Å². The number of benzene rings is 1. The van der Waals surface area contributed by atoms with Crippen LogP contribution in [0, 0.1) is 0 Å². The van der Waals surface area contributed by atoms with Crippen LogP contribution in [0.2, 0.25) is 15.3 Å². The first-order valence-corrected chi connectivity index (χ1v) is 6.09. The van der Waals surface area contributed by atoms with E-state index in [1.54, 1.807) is 35.3 Å². The van der Waals surface area contributed by atoms with Crippen LogP contribution in [0.5, 0.6) is 0 Å². The third-order valence-electron chi connectivity index (χ3n) is 2.37. The zero-order valence-corrected chi connectivity index (χ0v) is 11.1. The van der Waals surface area contributed by atoms with Gasteiger partial charge in [-0.15, -0.1) is 0 Å². The second-order valence-electron chi connectivity index (χ2n) is 3.60. The number of halogens is 3. The molecule has 0 saturated heterocycles. The highest BCUT2D eigenvalue weighted by atomic mass is 35.5. The Bertz CT molecular complexity index is 718. The summed E-state index contributed by atoms with van der Waals surface area (Å²) in [5.74, 6) is 0. The third kappa shape index (κ3) is 2.03. The zero-order valence-electron chi connectivity index (χ0n) is 8.81. The number of hydrogen-bond donors (Lipinski definition) is 0. The SMILES string of the molecule is Clc1cc(Cl)cc(-n2ncc3cnc(Cl)nc32)c1. The fourth-order valence-corrected chi connectivity index (χ4v) is 2.29. The van der Waals surface area contributed by atoms with E-state index < -0.39 is 0 Å². The summed E-state index contributed by atoms with van der Waals surface area (Å²) < 4.78 is 1.61. The monoisotopic (exact) mass is 298 g/mol. The van der Waals surface area contributed by atoms with Crippen molar-refractivity contribution in [2.45, 2.75) is 0 Å². The van der Waals surface area contributed by atoms with E-state index in [1.165, 1.54) is 0 Å². The number of rotatable bonds is 1. The molecule has 4 nitrogen and oxygen atoms in total. The summed E-state index contributed by atoms with van der Waals surface area (Å²) >= 11 is 17.7. The molecular weight excluding hydrogens is 295 g/mol. The highest BCUT2D eigenvalue weighted by Crippen LogP contribution is 2.24. The number of nitrogens with zero attached hydrogens (tertiary/aromatic N) is 4. The average molecular weight is 300 g/mol. The van der Waals surface area contributed by atoms with Gasteiger partial charge < -0.3 is 0 Å². The predicted octanol–water partition coefficient (Wildman–Crippen LogP) is 3.78. The Labute approximate surface area is 117 Å². The van der Waals surface area contributed by atoms with Crippen LogP contribution < -0.4 is 0 Å². The van der Waals surface area contributed by atoms with Gasteiger partial charge in [-0.2, -0.15) is 10.1 Å². The van der Waals surface area contributed by atoms with Crippen molar-refractivity contribution in [2.24, 2.45) is 0 Å². The van der Waals surface area contributed by atoms with Gasteiger partial charge in [-0.1, -0.05) is 23.2 Å². The lowest BCUT2D eigenvalue weighted by Crippen LogP contribution is -1.98. The zero-order chi connectivity index (χ0) is 12.7. The first-order chi connectivity index (χ1) is 8.63. The average Bonchev–Trinajstić information content (AvgIpc) is 2.70. The van der Waals surface area contributed by atoms with Crippen molar-refractivity contribution in [3.63, 3.8) is 0 Å². The highest BCUT2D eigenvalue weighted by molar-refractivity contribution is 6.34. The fourth-order valence-electron chi connectivity index (χ4n) is 1.65. The van der Waals surface area contributed by atoms with E-state index in [0.717, 1.165) is 11.1 Å². The van der Waals surface area contributed by atoms with Gasteiger partial charge in [0.1, 0.15) is 0 Å². The first kappa shape index (κ1) is 11.7. The summed E-state index contributed by atoms with van der Waals surface area (Å²) in [7, 11) is 0. The Hall–Kier alpha value is -1.36. The van der Waals surface area contributed by atoms with Crippen LogP contribution in [0.1, 0.15) is 0 Å². The van der Waals surface area contributed by atoms with E-state index in [9.17, 15) is 0 Å². The molecule has 0 aliphatic rings. The lowest BCUT2D eigenvalue weighted by molar-refractivity contribution is 0.895. The summed E-state index contributed by atoms with van der Waals surface area (Å²) in [6, 6.07) is 5.14. The van der Waals surface area contributed by atoms with Crippen molar-refractivity contribution in [3.8, 4) is 5.69 Å². The molecule has 90 valence electrons.